The Hall–Kier alpha value is -2.74. The van der Waals surface area contributed by atoms with Gasteiger partial charge in [0.1, 0.15) is 0 Å². The molecular formula is C24H18CdO4. The molecule has 0 amide bonds. The van der Waals surface area contributed by atoms with E-state index in [0.717, 1.165) is 32.7 Å². The molecule has 0 unspecified atom stereocenters. The van der Waals surface area contributed by atoms with E-state index in [1.807, 2.05) is 62.4 Å². The van der Waals surface area contributed by atoms with Crippen LogP contribution in [0.15, 0.2) is 72.8 Å². The van der Waals surface area contributed by atoms with Crippen LogP contribution in [-0.2, 0) is 27.3 Å². The van der Waals surface area contributed by atoms with Crippen LogP contribution in [0.2, 0.25) is 0 Å². The van der Waals surface area contributed by atoms with Crippen molar-refractivity contribution in [3.63, 3.8) is 0 Å². The molecule has 0 aliphatic rings. The van der Waals surface area contributed by atoms with Gasteiger partial charge in [0.05, 0.1) is 11.9 Å². The maximum Gasteiger partial charge on any atom is 2.00 e. The first kappa shape index (κ1) is 22.6. The number of carboxylic acid groups (broad SMARTS) is 2. The zero-order valence-corrected chi connectivity index (χ0v) is 20.3. The minimum atomic E-state index is -1.13. The molecule has 0 aromatic heterocycles. The molecule has 0 radical (unpaired) electrons. The van der Waals surface area contributed by atoms with Crippen molar-refractivity contribution in [3.8, 4) is 0 Å². The SMILES string of the molecule is Cc1ccc2c(C(=O)[O-])cccc2c1.Cc1ccc2c(C(=O)[O-])cccc2c1.[Cd+2]. The third-order valence-electron chi connectivity index (χ3n) is 4.51. The van der Waals surface area contributed by atoms with Gasteiger partial charge < -0.3 is 19.8 Å². The van der Waals surface area contributed by atoms with Crippen LogP contribution in [0.4, 0.5) is 0 Å². The Bertz CT molecular complexity index is 1100. The smallest absolute Gasteiger partial charge is 0.545 e. The Kier molecular flexibility index (Phi) is 7.50. The Morgan fingerprint density at radius 2 is 1.00 bits per heavy atom. The second kappa shape index (κ2) is 9.65. The molecule has 0 aliphatic carbocycles. The molecule has 0 heterocycles. The fourth-order valence-electron chi connectivity index (χ4n) is 3.16. The fourth-order valence-corrected chi connectivity index (χ4v) is 3.16. The molecule has 0 atom stereocenters. The molecule has 4 rings (SSSR count). The predicted octanol–water partition coefficient (Wildman–Crippen LogP) is 3.02. The van der Waals surface area contributed by atoms with Gasteiger partial charge in [-0.1, -0.05) is 83.9 Å². The number of hydrogen-bond acceptors (Lipinski definition) is 4. The number of aromatic carboxylic acids is 2. The molecule has 0 saturated carbocycles. The first-order valence-corrected chi connectivity index (χ1v) is 8.78. The predicted molar refractivity (Wildman–Crippen MR) is 106 cm³/mol. The number of carbonyl (C=O) groups is 2. The van der Waals surface area contributed by atoms with Gasteiger partial charge in [-0.3, -0.25) is 0 Å². The third-order valence-corrected chi connectivity index (χ3v) is 4.51. The molecule has 4 aromatic rings. The van der Waals surface area contributed by atoms with Gasteiger partial charge >= 0.3 is 27.3 Å². The maximum absolute atomic E-state index is 10.8. The van der Waals surface area contributed by atoms with Crippen molar-refractivity contribution < 1.29 is 47.1 Å². The van der Waals surface area contributed by atoms with E-state index in [-0.39, 0.29) is 38.4 Å². The van der Waals surface area contributed by atoms with Crippen molar-refractivity contribution in [2.45, 2.75) is 13.8 Å². The first-order chi connectivity index (χ1) is 13.4. The number of benzene rings is 4. The quantitative estimate of drug-likeness (QED) is 0.411. The molecule has 0 N–H and O–H groups in total. The van der Waals surface area contributed by atoms with Crippen molar-refractivity contribution in [3.05, 3.63) is 95.1 Å². The topological polar surface area (TPSA) is 80.3 Å². The van der Waals surface area contributed by atoms with Gasteiger partial charge in [0.25, 0.3) is 0 Å². The van der Waals surface area contributed by atoms with E-state index in [9.17, 15) is 19.8 Å². The van der Waals surface area contributed by atoms with Crippen LogP contribution < -0.4 is 10.2 Å². The number of aryl methyl sites for hydroxylation is 2. The van der Waals surface area contributed by atoms with Crippen LogP contribution in [0.3, 0.4) is 0 Å². The summed E-state index contributed by atoms with van der Waals surface area (Å²) in [7, 11) is 0. The van der Waals surface area contributed by atoms with E-state index in [1.165, 1.54) is 0 Å². The summed E-state index contributed by atoms with van der Waals surface area (Å²) < 4.78 is 0. The molecule has 0 spiro atoms. The van der Waals surface area contributed by atoms with Crippen LogP contribution in [0.5, 0.6) is 0 Å². The number of fused-ring (bicyclic) bond motifs is 2. The zero-order chi connectivity index (χ0) is 20.3. The summed E-state index contributed by atoms with van der Waals surface area (Å²) in [4.78, 5) is 21.6. The summed E-state index contributed by atoms with van der Waals surface area (Å²) in [5.74, 6) is -2.25. The average Bonchev–Trinajstić information content (AvgIpc) is 2.66. The van der Waals surface area contributed by atoms with Gasteiger partial charge in [0, 0.05) is 11.1 Å². The second-order valence-corrected chi connectivity index (χ2v) is 6.64. The number of carboxylic acids is 2. The van der Waals surface area contributed by atoms with Crippen molar-refractivity contribution in [2.24, 2.45) is 0 Å². The summed E-state index contributed by atoms with van der Waals surface area (Å²) in [5.41, 5.74) is 2.74. The molecular weight excluding hydrogens is 465 g/mol. The van der Waals surface area contributed by atoms with Crippen molar-refractivity contribution in [1.29, 1.82) is 0 Å². The Morgan fingerprint density at radius 1 is 0.621 bits per heavy atom. The molecule has 4 aromatic carbocycles. The second-order valence-electron chi connectivity index (χ2n) is 6.64. The van der Waals surface area contributed by atoms with Crippen LogP contribution >= 0.6 is 0 Å². The monoisotopic (exact) mass is 484 g/mol. The summed E-state index contributed by atoms with van der Waals surface area (Å²) in [6.45, 7) is 3.95. The van der Waals surface area contributed by atoms with Crippen molar-refractivity contribution in [2.75, 3.05) is 0 Å². The van der Waals surface area contributed by atoms with Crippen LogP contribution in [0.25, 0.3) is 21.5 Å². The normalized spacial score (nSPS) is 10.0. The summed E-state index contributed by atoms with van der Waals surface area (Å²) in [6, 6.07) is 21.7. The van der Waals surface area contributed by atoms with E-state index >= 15 is 0 Å². The average molecular weight is 483 g/mol. The molecule has 140 valence electrons. The number of carbonyl (C=O) groups excluding carboxylic acids is 2. The van der Waals surface area contributed by atoms with Gasteiger partial charge in [0.15, 0.2) is 0 Å². The van der Waals surface area contributed by atoms with Gasteiger partial charge in [-0.25, -0.2) is 0 Å². The fraction of sp³-hybridized carbons (Fsp3) is 0.0833. The summed E-state index contributed by atoms with van der Waals surface area (Å²) >= 11 is 0. The van der Waals surface area contributed by atoms with Crippen molar-refractivity contribution >= 4 is 33.5 Å². The van der Waals surface area contributed by atoms with E-state index in [2.05, 4.69) is 0 Å². The molecule has 0 aliphatic heterocycles. The van der Waals surface area contributed by atoms with E-state index in [4.69, 9.17) is 0 Å². The molecule has 4 nitrogen and oxygen atoms in total. The molecule has 0 fully saturated rings. The minimum Gasteiger partial charge on any atom is -0.545 e. The Labute approximate surface area is 189 Å². The Balaban J connectivity index is 0.000000200. The third kappa shape index (κ3) is 5.20. The van der Waals surface area contributed by atoms with Crippen LogP contribution in [0, 0.1) is 13.8 Å². The van der Waals surface area contributed by atoms with Gasteiger partial charge in [0.2, 0.25) is 0 Å². The van der Waals surface area contributed by atoms with E-state index < -0.39 is 11.9 Å². The van der Waals surface area contributed by atoms with Crippen molar-refractivity contribution in [1.82, 2.24) is 0 Å². The first-order valence-electron chi connectivity index (χ1n) is 8.78. The summed E-state index contributed by atoms with van der Waals surface area (Å²) in [6.07, 6.45) is 0. The van der Waals surface area contributed by atoms with Gasteiger partial charge in [-0.15, -0.1) is 0 Å². The number of rotatable bonds is 2. The molecule has 5 heteroatoms. The largest absolute Gasteiger partial charge is 2.00 e. The van der Waals surface area contributed by atoms with Gasteiger partial charge in [-0.05, 0) is 35.4 Å². The Morgan fingerprint density at radius 3 is 1.34 bits per heavy atom. The van der Waals surface area contributed by atoms with E-state index in [1.54, 1.807) is 24.3 Å². The van der Waals surface area contributed by atoms with Crippen LogP contribution in [0.1, 0.15) is 31.8 Å². The van der Waals surface area contributed by atoms with E-state index in [0.29, 0.717) is 0 Å². The summed E-state index contributed by atoms with van der Waals surface area (Å²) in [5, 5.41) is 24.9. The maximum atomic E-state index is 10.8. The molecule has 0 bridgehead atoms. The molecule has 29 heavy (non-hydrogen) atoms. The standard InChI is InChI=1S/2C12H10O2.Cd/c2*1-8-5-6-10-9(7-8)3-2-4-11(10)12(13)14;/h2*2-7H,1H3,(H,13,14);/q;;+2/p-2. The van der Waals surface area contributed by atoms with Crippen LogP contribution in [-0.4, -0.2) is 11.9 Å². The minimum absolute atomic E-state index is 0. The van der Waals surface area contributed by atoms with Gasteiger partial charge in [-0.2, -0.15) is 0 Å². The molecule has 0 saturated heterocycles. The zero-order valence-electron chi connectivity index (χ0n) is 16.3. The number of hydrogen-bond donors (Lipinski definition) is 0.